The van der Waals surface area contributed by atoms with E-state index in [9.17, 15) is 4.79 Å². The third-order valence-corrected chi connectivity index (χ3v) is 18.6. The monoisotopic (exact) mass is 544 g/mol. The molecule has 12 atom stereocenters. The van der Waals surface area contributed by atoms with Crippen LogP contribution in [0.4, 0.5) is 0 Å². The highest BCUT2D eigenvalue weighted by atomic mass is 28.4. The average Bonchev–Trinajstić information content (AvgIpc) is 3.27. The third-order valence-electron chi connectivity index (χ3n) is 14.0. The quantitative estimate of drug-likeness (QED) is 0.330. The van der Waals surface area contributed by atoms with Gasteiger partial charge < -0.3 is 13.9 Å². The Morgan fingerprint density at radius 1 is 0.974 bits per heavy atom. The van der Waals surface area contributed by atoms with Gasteiger partial charge in [0.2, 0.25) is 0 Å². The Hall–Kier alpha value is -0.233. The fourth-order valence-corrected chi connectivity index (χ4v) is 12.0. The van der Waals surface area contributed by atoms with Crippen molar-refractivity contribution in [1.82, 2.24) is 0 Å². The number of ether oxygens (including phenoxy) is 2. The first kappa shape index (κ1) is 27.9. The van der Waals surface area contributed by atoms with E-state index in [-0.39, 0.29) is 22.0 Å². The van der Waals surface area contributed by atoms with Gasteiger partial charge in [-0.05, 0) is 98.1 Å². The Labute approximate surface area is 233 Å². The number of fused-ring (bicyclic) bond motifs is 7. The van der Waals surface area contributed by atoms with Crippen molar-refractivity contribution in [2.45, 2.75) is 142 Å². The molecule has 0 radical (unpaired) electrons. The fraction of sp³-hybridized carbons (Fsp3) is 0.970. The number of carbonyl (C=O) groups is 1. The summed E-state index contributed by atoms with van der Waals surface area (Å²) in [4.78, 5) is 14.3. The Bertz CT molecular complexity index is 947. The highest BCUT2D eigenvalue weighted by molar-refractivity contribution is 6.74. The Morgan fingerprint density at radius 2 is 1.71 bits per heavy atom. The molecule has 4 aliphatic carbocycles. The van der Waals surface area contributed by atoms with Crippen LogP contribution in [0.15, 0.2) is 0 Å². The largest absolute Gasteiger partial charge is 0.414 e. The first-order valence-corrected chi connectivity index (χ1v) is 19.1. The summed E-state index contributed by atoms with van der Waals surface area (Å²) in [5.41, 5.74) is 0.0359. The molecule has 0 aromatic rings. The first-order valence-electron chi connectivity index (χ1n) is 16.2. The molecule has 0 aromatic carbocycles. The maximum absolute atomic E-state index is 14.3. The van der Waals surface area contributed by atoms with Crippen molar-refractivity contribution in [3.63, 3.8) is 0 Å². The van der Waals surface area contributed by atoms with Crippen molar-refractivity contribution in [3.8, 4) is 0 Å². The van der Waals surface area contributed by atoms with Crippen LogP contribution in [-0.2, 0) is 18.7 Å². The lowest BCUT2D eigenvalue weighted by Gasteiger charge is -2.61. The van der Waals surface area contributed by atoms with E-state index >= 15 is 0 Å². The van der Waals surface area contributed by atoms with E-state index < -0.39 is 14.1 Å². The van der Waals surface area contributed by atoms with Gasteiger partial charge in [-0.25, -0.2) is 0 Å². The molecule has 0 bridgehead atoms. The van der Waals surface area contributed by atoms with Crippen molar-refractivity contribution >= 4 is 14.1 Å². The van der Waals surface area contributed by atoms with E-state index in [1.54, 1.807) is 0 Å². The topological polar surface area (TPSA) is 44.8 Å². The van der Waals surface area contributed by atoms with Crippen LogP contribution in [0.1, 0.15) is 106 Å². The second-order valence-corrected chi connectivity index (χ2v) is 21.6. The SMILES string of the molecule is C[C@@H]1CC[C@@]2(OC1)O[C@H]1C[C@H]3[C@@H]4CC[C@H]5C[C@@H](O[Si](C)(C)C(C)(C)C)CC[C@]5(C)[C@H]4CC(=O)[C@]3(C)[C@H]1[C@@H]2C. The summed E-state index contributed by atoms with van der Waals surface area (Å²) in [5, 5.41) is 0.255. The predicted molar refractivity (Wildman–Crippen MR) is 154 cm³/mol. The van der Waals surface area contributed by atoms with Gasteiger partial charge in [-0.1, -0.05) is 48.5 Å². The van der Waals surface area contributed by atoms with Crippen molar-refractivity contribution in [1.29, 1.82) is 0 Å². The number of hydrogen-bond donors (Lipinski definition) is 0. The van der Waals surface area contributed by atoms with Crippen molar-refractivity contribution < 1.29 is 18.7 Å². The molecule has 216 valence electrons. The Morgan fingerprint density at radius 3 is 2.37 bits per heavy atom. The molecule has 2 saturated heterocycles. The molecule has 6 aliphatic rings. The van der Waals surface area contributed by atoms with E-state index in [2.05, 4.69) is 61.6 Å². The minimum atomic E-state index is -1.77. The fourth-order valence-electron chi connectivity index (χ4n) is 10.6. The van der Waals surface area contributed by atoms with Crippen LogP contribution in [0.5, 0.6) is 0 Å². The maximum atomic E-state index is 14.3. The summed E-state index contributed by atoms with van der Waals surface area (Å²) in [6.45, 7) is 22.2. The maximum Gasteiger partial charge on any atom is 0.192 e. The van der Waals surface area contributed by atoms with Crippen LogP contribution < -0.4 is 0 Å². The predicted octanol–water partition coefficient (Wildman–Crippen LogP) is 8.00. The Balaban J connectivity index is 1.20. The summed E-state index contributed by atoms with van der Waals surface area (Å²) >= 11 is 0. The first-order chi connectivity index (χ1) is 17.6. The van der Waals surface area contributed by atoms with E-state index in [4.69, 9.17) is 13.9 Å². The molecule has 0 aromatic heterocycles. The van der Waals surface area contributed by atoms with E-state index in [0.717, 1.165) is 25.9 Å². The van der Waals surface area contributed by atoms with E-state index in [0.29, 0.717) is 53.3 Å². The molecular weight excluding hydrogens is 488 g/mol. The van der Waals surface area contributed by atoms with Gasteiger partial charge in [-0.15, -0.1) is 0 Å². The number of hydrogen-bond acceptors (Lipinski definition) is 4. The molecule has 4 saturated carbocycles. The van der Waals surface area contributed by atoms with Gasteiger partial charge in [0.25, 0.3) is 0 Å². The lowest BCUT2D eigenvalue weighted by atomic mass is 9.44. The molecule has 1 spiro atoms. The molecule has 5 heteroatoms. The summed E-state index contributed by atoms with van der Waals surface area (Å²) in [5.74, 6) is 3.70. The molecule has 4 nitrogen and oxygen atoms in total. The lowest BCUT2D eigenvalue weighted by Crippen LogP contribution is -2.58. The van der Waals surface area contributed by atoms with Gasteiger partial charge >= 0.3 is 0 Å². The van der Waals surface area contributed by atoms with Gasteiger partial charge in [-0.3, -0.25) is 4.79 Å². The highest BCUT2D eigenvalue weighted by Crippen LogP contribution is 2.70. The van der Waals surface area contributed by atoms with E-state index in [1.165, 1.54) is 38.5 Å². The second-order valence-electron chi connectivity index (χ2n) is 16.8. The van der Waals surface area contributed by atoms with E-state index in [1.807, 2.05) is 0 Å². The number of rotatable bonds is 2. The van der Waals surface area contributed by atoms with Gasteiger partial charge in [0.1, 0.15) is 5.78 Å². The van der Waals surface area contributed by atoms with Crippen LogP contribution in [0.2, 0.25) is 18.1 Å². The van der Waals surface area contributed by atoms with Crippen LogP contribution in [-0.4, -0.2) is 38.7 Å². The molecule has 0 N–H and O–H groups in total. The summed E-state index contributed by atoms with van der Waals surface area (Å²) in [7, 11) is -1.77. The lowest BCUT2D eigenvalue weighted by molar-refractivity contribution is -0.272. The molecule has 6 rings (SSSR count). The van der Waals surface area contributed by atoms with Gasteiger partial charge in [0.05, 0.1) is 12.7 Å². The minimum absolute atomic E-state index is 0.190. The zero-order valence-electron chi connectivity index (χ0n) is 25.9. The normalized spacial score (nSPS) is 52.9. The number of carbonyl (C=O) groups excluding carboxylic acids is 1. The van der Waals surface area contributed by atoms with Crippen LogP contribution in [0, 0.1) is 52.3 Å². The third kappa shape index (κ3) is 3.86. The smallest absolute Gasteiger partial charge is 0.192 e. The summed E-state index contributed by atoms with van der Waals surface area (Å²) < 4.78 is 20.3. The Kier molecular flexibility index (Phi) is 6.52. The minimum Gasteiger partial charge on any atom is -0.414 e. The molecule has 2 aliphatic heterocycles. The number of Topliss-reactive ketones (excluding diaryl/α,β-unsaturated/α-hetero) is 1. The summed E-state index contributed by atoms with van der Waals surface area (Å²) in [6, 6.07) is 0. The van der Waals surface area contributed by atoms with Gasteiger partial charge in [0, 0.05) is 36.2 Å². The van der Waals surface area contributed by atoms with Crippen molar-refractivity contribution in [2.24, 2.45) is 52.3 Å². The molecule has 6 fully saturated rings. The standard InChI is InChI=1S/C33H56O4Si/c1-20-12-15-33(35-19-20)21(2)29-27(36-33)17-26-24-11-10-22-16-23(37-38(8,9)30(3,4)5)13-14-31(22,6)25(24)18-28(34)32(26,29)7/h20-27,29H,10-19H2,1-9H3/t20-,21+,22+,23+,24-,25+,26+,27+,29+,31+,32-,33-/m1/s1. The average molecular weight is 545 g/mol. The molecule has 2 heterocycles. The second kappa shape index (κ2) is 8.88. The zero-order chi connectivity index (χ0) is 27.5. The molecular formula is C33H56O4Si. The van der Waals surface area contributed by atoms with Crippen LogP contribution in [0.25, 0.3) is 0 Å². The summed E-state index contributed by atoms with van der Waals surface area (Å²) in [6.07, 6.45) is 10.8. The highest BCUT2D eigenvalue weighted by Gasteiger charge is 2.71. The van der Waals surface area contributed by atoms with Gasteiger partial charge in [-0.2, -0.15) is 0 Å². The molecule has 38 heavy (non-hydrogen) atoms. The zero-order valence-corrected chi connectivity index (χ0v) is 26.9. The van der Waals surface area contributed by atoms with Crippen molar-refractivity contribution in [3.05, 3.63) is 0 Å². The van der Waals surface area contributed by atoms with Crippen LogP contribution >= 0.6 is 0 Å². The number of ketones is 1. The van der Waals surface area contributed by atoms with Crippen LogP contribution in [0.3, 0.4) is 0 Å². The molecule has 0 unspecified atom stereocenters. The van der Waals surface area contributed by atoms with Gasteiger partial charge in [0.15, 0.2) is 14.1 Å². The van der Waals surface area contributed by atoms with Crippen molar-refractivity contribution in [2.75, 3.05) is 6.61 Å². The molecule has 0 amide bonds.